The zero-order chi connectivity index (χ0) is 16.3. The van der Waals surface area contributed by atoms with Crippen molar-refractivity contribution in [1.82, 2.24) is 0 Å². The number of hydrogen-bond acceptors (Lipinski definition) is 3. The van der Waals surface area contributed by atoms with Crippen molar-refractivity contribution < 1.29 is 12.7 Å². The first-order chi connectivity index (χ1) is 8.24. The zero-order valence-electron chi connectivity index (χ0n) is 14.3. The summed E-state index contributed by atoms with van der Waals surface area (Å²) < 4.78 is 5.64. The van der Waals surface area contributed by atoms with Crippen LogP contribution >= 0.6 is 0 Å². The Morgan fingerprint density at radius 3 is 0.947 bits per heavy atom. The summed E-state index contributed by atoms with van der Waals surface area (Å²) in [5.74, 6) is 0. The van der Waals surface area contributed by atoms with E-state index >= 15 is 0 Å². The molecular weight excluding hydrogens is 453 g/mol. The van der Waals surface area contributed by atoms with Crippen molar-refractivity contribution in [2.45, 2.75) is 91.6 Å². The molecule has 0 atom stereocenters. The molecule has 0 saturated heterocycles. The van der Waals surface area contributed by atoms with E-state index in [0.717, 1.165) is 25.2 Å². The van der Waals surface area contributed by atoms with Gasteiger partial charge in [-0.3, -0.25) is 0 Å². The van der Waals surface area contributed by atoms with Gasteiger partial charge in [0.15, 0.2) is 0 Å². The van der Waals surface area contributed by atoms with Crippen LogP contribution in [0.2, 0.25) is 18.1 Å². The summed E-state index contributed by atoms with van der Waals surface area (Å²) >= 11 is 1.12. The molecule has 0 unspecified atom stereocenters. The Morgan fingerprint density at radius 1 is 0.789 bits per heavy atom. The Bertz CT molecular complexity index is 152. The summed E-state index contributed by atoms with van der Waals surface area (Å²) in [6.07, 6.45) is 0. The molecule has 0 bridgehead atoms. The van der Waals surface area contributed by atoms with Gasteiger partial charge < -0.3 is 10.2 Å². The Hall–Kier alpha value is 0.980. The molecule has 0 spiro atoms. The van der Waals surface area contributed by atoms with Gasteiger partial charge in [-0.1, -0.05) is 41.5 Å². The molecule has 3 nitrogen and oxygen atoms in total. The van der Waals surface area contributed by atoms with Crippen LogP contribution in [0, 0.1) is 0 Å². The van der Waals surface area contributed by atoms with E-state index in [1.165, 1.54) is 18.1 Å². The van der Waals surface area contributed by atoms with Gasteiger partial charge in [0, 0.05) is 0 Å². The molecule has 0 aliphatic carbocycles. The van der Waals surface area contributed by atoms with E-state index in [1.807, 2.05) is 0 Å². The Morgan fingerprint density at radius 2 is 0.947 bits per heavy atom. The molecule has 0 amide bonds. The van der Waals surface area contributed by atoms with Crippen molar-refractivity contribution >= 4 is 33.5 Å². The second kappa shape index (κ2) is 11.6. The molecule has 0 aliphatic heterocycles. The average molecular weight is 486 g/mol. The average Bonchev–Trinajstić information content (AvgIpc) is 2.17. The molecule has 0 aromatic carbocycles. The first-order valence-corrected chi connectivity index (χ1v) is 10.9. The SMILES string of the molecule is CC(C)(C)[O-].CC(C)(C)[O-].CC[Si](CC)(CC)[O][Bi+2]. The van der Waals surface area contributed by atoms with E-state index in [4.69, 9.17) is 2.50 Å². The molecular formula is C14H33BiO3Si. The molecule has 0 aromatic heterocycles. The van der Waals surface area contributed by atoms with Crippen LogP contribution in [0.3, 0.4) is 0 Å². The minimum absolute atomic E-state index is 0.750. The Kier molecular flexibility index (Phi) is 15.3. The molecule has 0 aliphatic rings. The zero-order valence-corrected chi connectivity index (χ0v) is 18.8. The van der Waals surface area contributed by atoms with Gasteiger partial charge in [0.25, 0.3) is 0 Å². The third kappa shape index (κ3) is 32.5. The van der Waals surface area contributed by atoms with Crippen LogP contribution in [0.15, 0.2) is 0 Å². The van der Waals surface area contributed by atoms with E-state index in [-0.39, 0.29) is 0 Å². The second-order valence-electron chi connectivity index (χ2n) is 6.56. The van der Waals surface area contributed by atoms with Crippen LogP contribution in [0.4, 0.5) is 0 Å². The summed E-state index contributed by atoms with van der Waals surface area (Å²) in [7, 11) is -1.14. The van der Waals surface area contributed by atoms with Crippen molar-refractivity contribution in [2.24, 2.45) is 0 Å². The first kappa shape index (κ1) is 25.0. The maximum absolute atomic E-state index is 10.1. The van der Waals surface area contributed by atoms with Crippen molar-refractivity contribution in [3.05, 3.63) is 0 Å². The molecule has 2 radical (unpaired) electrons. The first-order valence-electron chi connectivity index (χ1n) is 6.98. The van der Waals surface area contributed by atoms with E-state index in [9.17, 15) is 10.2 Å². The number of rotatable bonds is 4. The van der Waals surface area contributed by atoms with E-state index in [1.54, 1.807) is 41.5 Å². The van der Waals surface area contributed by atoms with Gasteiger partial charge in [-0.25, -0.2) is 0 Å². The topological polar surface area (TPSA) is 55.3 Å². The number of hydrogen-bond donors (Lipinski definition) is 0. The van der Waals surface area contributed by atoms with Gasteiger partial charge in [-0.2, -0.15) is 0 Å². The van der Waals surface area contributed by atoms with Gasteiger partial charge in [-0.15, -0.1) is 11.2 Å². The van der Waals surface area contributed by atoms with Gasteiger partial charge in [-0.05, 0) is 0 Å². The molecule has 0 fully saturated rings. The molecule has 0 saturated carbocycles. The van der Waals surface area contributed by atoms with Crippen LogP contribution < -0.4 is 10.2 Å². The molecule has 5 heteroatoms. The Labute approximate surface area is 137 Å². The fourth-order valence-corrected chi connectivity index (χ4v) is 7.35. The molecule has 116 valence electrons. The van der Waals surface area contributed by atoms with Crippen molar-refractivity contribution in [1.29, 1.82) is 0 Å². The van der Waals surface area contributed by atoms with Crippen LogP contribution in [0.5, 0.6) is 0 Å². The summed E-state index contributed by atoms with van der Waals surface area (Å²) in [5, 5.41) is 20.2. The molecule has 0 heterocycles. The quantitative estimate of drug-likeness (QED) is 0.574. The van der Waals surface area contributed by atoms with Gasteiger partial charge in [0.05, 0.1) is 0 Å². The maximum atomic E-state index is 10.1. The van der Waals surface area contributed by atoms with Crippen LogP contribution in [-0.4, -0.2) is 44.7 Å². The fraction of sp³-hybridized carbons (Fsp3) is 1.00. The van der Waals surface area contributed by atoms with Crippen LogP contribution in [0.1, 0.15) is 62.3 Å². The summed E-state index contributed by atoms with van der Waals surface area (Å²) in [5.41, 5.74) is -1.50. The summed E-state index contributed by atoms with van der Waals surface area (Å²) in [4.78, 5) is 0. The predicted octanol–water partition coefficient (Wildman–Crippen LogP) is 2.38. The van der Waals surface area contributed by atoms with Gasteiger partial charge >= 0.3 is 74.9 Å². The third-order valence-electron chi connectivity index (χ3n) is 2.13. The molecule has 0 N–H and O–H groups in total. The summed E-state index contributed by atoms with van der Waals surface area (Å²) in [6.45, 7) is 16.6. The van der Waals surface area contributed by atoms with Crippen molar-refractivity contribution in [3.8, 4) is 0 Å². The van der Waals surface area contributed by atoms with Crippen molar-refractivity contribution in [2.75, 3.05) is 0 Å². The minimum atomic E-state index is -1.14. The van der Waals surface area contributed by atoms with E-state index < -0.39 is 19.5 Å². The van der Waals surface area contributed by atoms with E-state index in [2.05, 4.69) is 20.8 Å². The molecule has 0 aromatic rings. The predicted molar refractivity (Wildman–Crippen MR) is 83.5 cm³/mol. The van der Waals surface area contributed by atoms with Gasteiger partial charge in [0.1, 0.15) is 0 Å². The molecule has 0 rings (SSSR count). The van der Waals surface area contributed by atoms with Gasteiger partial charge in [0.2, 0.25) is 0 Å². The van der Waals surface area contributed by atoms with E-state index in [0.29, 0.717) is 0 Å². The van der Waals surface area contributed by atoms with Crippen molar-refractivity contribution in [3.63, 3.8) is 0 Å². The Balaban J connectivity index is -0.000000219. The fourth-order valence-electron chi connectivity index (χ4n) is 0.944. The second-order valence-corrected chi connectivity index (χ2v) is 13.4. The molecule has 19 heavy (non-hydrogen) atoms. The monoisotopic (exact) mass is 486 g/mol. The summed E-state index contributed by atoms with van der Waals surface area (Å²) in [6, 6.07) is 3.86. The van der Waals surface area contributed by atoms with Crippen LogP contribution in [0.25, 0.3) is 0 Å². The van der Waals surface area contributed by atoms with Crippen LogP contribution in [-0.2, 0) is 2.50 Å². The standard InChI is InChI=1S/C6H15OSi.2C4H9O.Bi/c1-4-8(7,5-2)6-3;2*1-4(2,3)5;/h4-6H2,1-3H3;2*1-3H3;/q3*-1;+3. The third-order valence-corrected chi connectivity index (χ3v) is 10.9. The normalized spacial score (nSPS) is 11.9.